The Kier molecular flexibility index (Phi) is 4.20. The number of fused-ring (bicyclic) bond motifs is 1. The maximum atomic E-state index is 13.8. The van der Waals surface area contributed by atoms with Crippen LogP contribution < -0.4 is 5.32 Å². The number of hydrogen-bond donors (Lipinski definition) is 2. The largest absolute Gasteiger partial charge is 0.508 e. The number of likely N-dealkylation sites (tertiary alicyclic amines) is 1. The van der Waals surface area contributed by atoms with Crippen molar-refractivity contribution in [2.45, 2.75) is 76.3 Å². The third kappa shape index (κ3) is 2.80. The molecule has 1 aromatic rings. The molecule has 0 spiro atoms. The van der Waals surface area contributed by atoms with Crippen molar-refractivity contribution in [1.82, 2.24) is 10.2 Å². The summed E-state index contributed by atoms with van der Waals surface area (Å²) in [5.74, 6) is 2.80. The van der Waals surface area contributed by atoms with Crippen LogP contribution in [0.2, 0.25) is 0 Å². The number of phenolic OH excluding ortho intramolecular Hbond substituents is 1. The third-order valence-electron chi connectivity index (χ3n) is 8.87. The lowest BCUT2D eigenvalue weighted by Gasteiger charge is -2.56. The highest BCUT2D eigenvalue weighted by molar-refractivity contribution is 5.91. The van der Waals surface area contributed by atoms with Gasteiger partial charge in [-0.15, -0.1) is 0 Å². The Morgan fingerprint density at radius 1 is 1.03 bits per heavy atom. The topological polar surface area (TPSA) is 69.6 Å². The fourth-order valence-corrected chi connectivity index (χ4v) is 8.01. The summed E-state index contributed by atoms with van der Waals surface area (Å²) in [4.78, 5) is 29.0. The first kappa shape index (κ1) is 18.7. The summed E-state index contributed by atoms with van der Waals surface area (Å²) >= 11 is 0. The van der Waals surface area contributed by atoms with E-state index in [9.17, 15) is 14.7 Å². The number of rotatable bonds is 3. The predicted octanol–water partition coefficient (Wildman–Crippen LogP) is 3.70. The Labute approximate surface area is 178 Å². The molecule has 5 heteroatoms. The molecule has 2 amide bonds. The molecule has 1 heterocycles. The monoisotopic (exact) mass is 408 g/mol. The fourth-order valence-electron chi connectivity index (χ4n) is 8.01. The maximum Gasteiger partial charge on any atom is 0.243 e. The van der Waals surface area contributed by atoms with Crippen molar-refractivity contribution >= 4 is 11.8 Å². The summed E-state index contributed by atoms with van der Waals surface area (Å²) in [6.45, 7) is 0.723. The van der Waals surface area contributed by atoms with Crippen LogP contribution in [0.25, 0.3) is 0 Å². The molecule has 1 saturated heterocycles. The van der Waals surface area contributed by atoms with Gasteiger partial charge < -0.3 is 15.3 Å². The first-order valence-corrected chi connectivity index (χ1v) is 11.9. The lowest BCUT2D eigenvalue weighted by atomic mass is 9.49. The number of amides is 2. The van der Waals surface area contributed by atoms with E-state index in [2.05, 4.69) is 5.32 Å². The fraction of sp³-hybridized carbons (Fsp3) is 0.680. The number of nitrogens with zero attached hydrogens (tertiary/aromatic N) is 1. The zero-order valence-electron chi connectivity index (χ0n) is 17.6. The average molecular weight is 409 g/mol. The highest BCUT2D eigenvalue weighted by Gasteiger charge is 2.56. The van der Waals surface area contributed by atoms with Crippen molar-refractivity contribution in [1.29, 1.82) is 0 Å². The van der Waals surface area contributed by atoms with Gasteiger partial charge in [0, 0.05) is 6.54 Å². The molecule has 7 rings (SSSR count). The number of aromatic hydroxyl groups is 1. The van der Waals surface area contributed by atoms with Crippen molar-refractivity contribution in [3.05, 3.63) is 29.3 Å². The molecule has 2 atom stereocenters. The van der Waals surface area contributed by atoms with Crippen LogP contribution in [0.3, 0.4) is 0 Å². The SMILES string of the molecule is O=C(NC1CCc2c(O)cccc21)C1CCCN1C(=O)C12CC3CC(CC(C3)C1)C2. The molecule has 0 radical (unpaired) electrons. The lowest BCUT2D eigenvalue weighted by molar-refractivity contribution is -0.160. The average Bonchev–Trinajstić information content (AvgIpc) is 3.35. The zero-order valence-corrected chi connectivity index (χ0v) is 17.6. The molecule has 1 aromatic carbocycles. The number of nitrogens with one attached hydrogen (secondary N) is 1. The van der Waals surface area contributed by atoms with Gasteiger partial charge in [0.05, 0.1) is 11.5 Å². The highest BCUT2D eigenvalue weighted by Crippen LogP contribution is 2.60. The van der Waals surface area contributed by atoms with E-state index in [0.717, 1.165) is 80.4 Å². The van der Waals surface area contributed by atoms with E-state index in [1.54, 1.807) is 6.07 Å². The maximum absolute atomic E-state index is 13.8. The molecular weight excluding hydrogens is 376 g/mol. The van der Waals surface area contributed by atoms with E-state index in [1.165, 1.54) is 19.3 Å². The standard InChI is InChI=1S/C25H32N2O3/c28-22-5-1-3-18-19(22)6-7-20(18)26-23(29)21-4-2-8-27(21)24(30)25-12-15-9-16(13-25)11-17(10-15)14-25/h1,3,5,15-17,20-21,28H,2,4,6-14H2,(H,26,29). The van der Waals surface area contributed by atoms with E-state index < -0.39 is 0 Å². The predicted molar refractivity (Wildman–Crippen MR) is 113 cm³/mol. The van der Waals surface area contributed by atoms with Crippen LogP contribution in [-0.4, -0.2) is 34.4 Å². The Morgan fingerprint density at radius 2 is 1.73 bits per heavy atom. The first-order valence-electron chi connectivity index (χ1n) is 11.9. The van der Waals surface area contributed by atoms with Gasteiger partial charge in [0.15, 0.2) is 0 Å². The van der Waals surface area contributed by atoms with Gasteiger partial charge in [0.25, 0.3) is 0 Å². The van der Waals surface area contributed by atoms with Gasteiger partial charge in [-0.3, -0.25) is 9.59 Å². The van der Waals surface area contributed by atoms with Crippen LogP contribution in [0.4, 0.5) is 0 Å². The highest BCUT2D eigenvalue weighted by atomic mass is 16.3. The minimum atomic E-state index is -0.327. The Balaban J connectivity index is 1.19. The van der Waals surface area contributed by atoms with Gasteiger partial charge in [0.1, 0.15) is 11.8 Å². The van der Waals surface area contributed by atoms with Crippen molar-refractivity contribution in [3.63, 3.8) is 0 Å². The molecule has 30 heavy (non-hydrogen) atoms. The van der Waals surface area contributed by atoms with E-state index >= 15 is 0 Å². The van der Waals surface area contributed by atoms with Crippen molar-refractivity contribution in [2.75, 3.05) is 6.54 Å². The van der Waals surface area contributed by atoms with Crippen molar-refractivity contribution in [3.8, 4) is 5.75 Å². The number of carbonyl (C=O) groups excluding carboxylic acids is 2. The van der Waals surface area contributed by atoms with Crippen LogP contribution in [0, 0.1) is 23.2 Å². The summed E-state index contributed by atoms with van der Waals surface area (Å²) in [5.41, 5.74) is 1.81. The summed E-state index contributed by atoms with van der Waals surface area (Å²) < 4.78 is 0. The zero-order chi connectivity index (χ0) is 20.5. The van der Waals surface area contributed by atoms with E-state index in [4.69, 9.17) is 0 Å². The molecular formula is C25H32N2O3. The molecule has 6 aliphatic rings. The molecule has 5 nitrogen and oxygen atoms in total. The van der Waals surface area contributed by atoms with E-state index in [1.807, 2.05) is 17.0 Å². The molecule has 2 unspecified atom stereocenters. The summed E-state index contributed by atoms with van der Waals surface area (Å²) in [6, 6.07) is 5.17. The van der Waals surface area contributed by atoms with Gasteiger partial charge in [-0.1, -0.05) is 12.1 Å². The van der Waals surface area contributed by atoms with Gasteiger partial charge in [-0.05, 0) is 99.2 Å². The molecule has 160 valence electrons. The molecule has 2 N–H and O–H groups in total. The Hall–Kier alpha value is -2.04. The lowest BCUT2D eigenvalue weighted by Crippen LogP contribution is -2.57. The minimum Gasteiger partial charge on any atom is -0.508 e. The van der Waals surface area contributed by atoms with Gasteiger partial charge >= 0.3 is 0 Å². The van der Waals surface area contributed by atoms with E-state index in [-0.39, 0.29) is 29.3 Å². The van der Waals surface area contributed by atoms with Crippen LogP contribution in [0.1, 0.15) is 75.0 Å². The number of hydrogen-bond acceptors (Lipinski definition) is 3. The summed E-state index contributed by atoms with van der Waals surface area (Å²) in [6.07, 6.45) is 10.4. The number of carbonyl (C=O) groups is 2. The van der Waals surface area contributed by atoms with Crippen LogP contribution in [0.5, 0.6) is 5.75 Å². The number of phenols is 1. The first-order chi connectivity index (χ1) is 14.5. The van der Waals surface area contributed by atoms with Gasteiger partial charge in [-0.25, -0.2) is 0 Å². The normalized spacial score (nSPS) is 38.7. The summed E-state index contributed by atoms with van der Waals surface area (Å²) in [5, 5.41) is 13.3. The molecule has 4 saturated carbocycles. The molecule has 0 aromatic heterocycles. The van der Waals surface area contributed by atoms with Crippen LogP contribution in [0.15, 0.2) is 18.2 Å². The number of benzene rings is 1. The van der Waals surface area contributed by atoms with Crippen LogP contribution >= 0.6 is 0 Å². The Morgan fingerprint density at radius 3 is 2.43 bits per heavy atom. The van der Waals surface area contributed by atoms with Gasteiger partial charge in [0.2, 0.25) is 11.8 Å². The molecule has 1 aliphatic heterocycles. The van der Waals surface area contributed by atoms with E-state index in [0.29, 0.717) is 5.75 Å². The molecule has 4 bridgehead atoms. The quantitative estimate of drug-likeness (QED) is 0.801. The third-order valence-corrected chi connectivity index (χ3v) is 8.87. The summed E-state index contributed by atoms with van der Waals surface area (Å²) in [7, 11) is 0. The second-order valence-electron chi connectivity index (χ2n) is 10.8. The van der Waals surface area contributed by atoms with Gasteiger partial charge in [-0.2, -0.15) is 0 Å². The smallest absolute Gasteiger partial charge is 0.243 e. The Bertz CT molecular complexity index is 859. The second kappa shape index (κ2) is 6.73. The molecule has 5 aliphatic carbocycles. The minimum absolute atomic E-state index is 0.00762. The second-order valence-corrected chi connectivity index (χ2v) is 10.8. The van der Waals surface area contributed by atoms with Crippen molar-refractivity contribution in [2.24, 2.45) is 23.2 Å². The molecule has 5 fully saturated rings. The van der Waals surface area contributed by atoms with Crippen LogP contribution in [-0.2, 0) is 16.0 Å². The van der Waals surface area contributed by atoms with Crippen molar-refractivity contribution < 1.29 is 14.7 Å².